The molecule has 3 N–H and O–H groups in total. The fourth-order valence-corrected chi connectivity index (χ4v) is 3.52. The third-order valence-electron chi connectivity index (χ3n) is 5.29. The van der Waals surface area contributed by atoms with E-state index in [4.69, 9.17) is 5.73 Å². The van der Waals surface area contributed by atoms with Crippen molar-refractivity contribution < 1.29 is 4.79 Å². The topological polar surface area (TPSA) is 55.1 Å². The number of hydrogen-bond donors (Lipinski definition) is 2. The minimum Gasteiger partial charge on any atom is -0.353 e. The Kier molecular flexibility index (Phi) is 4.54. The molecule has 110 valence electrons. The summed E-state index contributed by atoms with van der Waals surface area (Å²) < 4.78 is 0. The highest BCUT2D eigenvalue weighted by Gasteiger charge is 2.32. The number of carbonyl (C=O) groups excluding carboxylic acids is 1. The first-order valence-corrected chi connectivity index (χ1v) is 7.93. The van der Waals surface area contributed by atoms with Crippen molar-refractivity contribution in [2.24, 2.45) is 23.0 Å². The molecule has 0 heterocycles. The van der Waals surface area contributed by atoms with Gasteiger partial charge in [-0.1, -0.05) is 20.8 Å². The van der Waals surface area contributed by atoms with Gasteiger partial charge in [0.2, 0.25) is 5.91 Å². The molecule has 0 aromatic carbocycles. The Balaban J connectivity index is 1.79. The third-order valence-corrected chi connectivity index (χ3v) is 5.29. The molecule has 0 aliphatic heterocycles. The van der Waals surface area contributed by atoms with Crippen LogP contribution in [0.4, 0.5) is 0 Å². The van der Waals surface area contributed by atoms with Gasteiger partial charge in [-0.2, -0.15) is 0 Å². The summed E-state index contributed by atoms with van der Waals surface area (Å²) in [6.07, 6.45) is 7.66. The maximum absolute atomic E-state index is 12.3. The Morgan fingerprint density at radius 3 is 2.37 bits per heavy atom. The Labute approximate surface area is 117 Å². The molecule has 0 saturated heterocycles. The van der Waals surface area contributed by atoms with Crippen LogP contribution in [0.1, 0.15) is 65.7 Å². The lowest BCUT2D eigenvalue weighted by molar-refractivity contribution is -0.127. The molecule has 0 spiro atoms. The summed E-state index contributed by atoms with van der Waals surface area (Å²) in [7, 11) is 0. The maximum Gasteiger partial charge on any atom is 0.223 e. The molecule has 0 radical (unpaired) electrons. The molecule has 3 atom stereocenters. The number of hydrogen-bond acceptors (Lipinski definition) is 2. The summed E-state index contributed by atoms with van der Waals surface area (Å²) in [6.45, 7) is 6.83. The highest BCUT2D eigenvalue weighted by Crippen LogP contribution is 2.35. The summed E-state index contributed by atoms with van der Waals surface area (Å²) in [5, 5.41) is 3.28. The van der Waals surface area contributed by atoms with Crippen LogP contribution in [0.15, 0.2) is 0 Å². The maximum atomic E-state index is 12.3. The summed E-state index contributed by atoms with van der Waals surface area (Å²) in [4.78, 5) is 12.3. The Morgan fingerprint density at radius 2 is 1.79 bits per heavy atom. The van der Waals surface area contributed by atoms with Crippen molar-refractivity contribution in [3.05, 3.63) is 0 Å². The van der Waals surface area contributed by atoms with Gasteiger partial charge in [0.05, 0.1) is 0 Å². The van der Waals surface area contributed by atoms with Gasteiger partial charge in [-0.15, -0.1) is 0 Å². The van der Waals surface area contributed by atoms with Gasteiger partial charge in [0.15, 0.2) is 0 Å². The van der Waals surface area contributed by atoms with Crippen molar-refractivity contribution in [2.75, 3.05) is 0 Å². The van der Waals surface area contributed by atoms with Crippen LogP contribution in [0.25, 0.3) is 0 Å². The molecule has 1 amide bonds. The molecular weight excluding hydrogens is 236 g/mol. The predicted molar refractivity (Wildman–Crippen MR) is 78.7 cm³/mol. The largest absolute Gasteiger partial charge is 0.353 e. The van der Waals surface area contributed by atoms with E-state index in [2.05, 4.69) is 26.1 Å². The zero-order valence-corrected chi connectivity index (χ0v) is 12.7. The molecule has 2 aliphatic carbocycles. The van der Waals surface area contributed by atoms with Crippen LogP contribution < -0.4 is 11.1 Å². The van der Waals surface area contributed by atoms with E-state index in [1.807, 2.05) is 0 Å². The number of nitrogens with two attached hydrogens (primary N) is 1. The van der Waals surface area contributed by atoms with E-state index in [-0.39, 0.29) is 11.8 Å². The van der Waals surface area contributed by atoms with Gasteiger partial charge in [-0.05, 0) is 56.3 Å². The standard InChI is InChI=1S/C16H30N2O/c1-11-10-12(4-5-14(11)17)15(19)18-13-6-8-16(2,3)9-7-13/h11-14H,4-10,17H2,1-3H3,(H,18,19). The normalized spacial score (nSPS) is 35.9. The highest BCUT2D eigenvalue weighted by atomic mass is 16.1. The zero-order valence-electron chi connectivity index (χ0n) is 12.7. The van der Waals surface area contributed by atoms with E-state index in [0.717, 1.165) is 32.1 Å². The fourth-order valence-electron chi connectivity index (χ4n) is 3.52. The summed E-state index contributed by atoms with van der Waals surface area (Å²) in [5.74, 6) is 0.961. The van der Waals surface area contributed by atoms with Crippen LogP contribution in [0.5, 0.6) is 0 Å². The van der Waals surface area contributed by atoms with Crippen LogP contribution in [-0.2, 0) is 4.79 Å². The third kappa shape index (κ3) is 3.95. The quantitative estimate of drug-likeness (QED) is 0.807. The smallest absolute Gasteiger partial charge is 0.223 e. The lowest BCUT2D eigenvalue weighted by Gasteiger charge is -2.36. The molecular formula is C16H30N2O. The Hall–Kier alpha value is -0.570. The molecule has 2 fully saturated rings. The lowest BCUT2D eigenvalue weighted by atomic mass is 9.75. The number of carbonyl (C=O) groups is 1. The van der Waals surface area contributed by atoms with Crippen molar-refractivity contribution in [3.63, 3.8) is 0 Å². The zero-order chi connectivity index (χ0) is 14.0. The second kappa shape index (κ2) is 5.82. The molecule has 3 unspecified atom stereocenters. The number of amides is 1. The lowest BCUT2D eigenvalue weighted by Crippen LogP contribution is -2.45. The molecule has 2 aliphatic rings. The molecule has 0 aromatic heterocycles. The summed E-state index contributed by atoms with van der Waals surface area (Å²) in [6, 6.07) is 0.700. The van der Waals surface area contributed by atoms with Gasteiger partial charge in [0, 0.05) is 18.0 Å². The SMILES string of the molecule is CC1CC(C(=O)NC2CCC(C)(C)CC2)CCC1N. The Morgan fingerprint density at radius 1 is 1.16 bits per heavy atom. The molecule has 0 aromatic rings. The van der Waals surface area contributed by atoms with E-state index < -0.39 is 0 Å². The first-order chi connectivity index (χ1) is 8.87. The average Bonchev–Trinajstić information content (AvgIpc) is 2.35. The van der Waals surface area contributed by atoms with Crippen LogP contribution in [-0.4, -0.2) is 18.0 Å². The molecule has 2 rings (SSSR count). The van der Waals surface area contributed by atoms with Gasteiger partial charge < -0.3 is 11.1 Å². The molecule has 19 heavy (non-hydrogen) atoms. The fraction of sp³-hybridized carbons (Fsp3) is 0.938. The minimum atomic E-state index is 0.199. The van der Waals surface area contributed by atoms with E-state index in [0.29, 0.717) is 23.4 Å². The van der Waals surface area contributed by atoms with Gasteiger partial charge in [0.1, 0.15) is 0 Å². The summed E-state index contributed by atoms with van der Waals surface area (Å²) >= 11 is 0. The second-order valence-corrected chi connectivity index (χ2v) is 7.60. The monoisotopic (exact) mass is 266 g/mol. The molecule has 3 heteroatoms. The van der Waals surface area contributed by atoms with Gasteiger partial charge in [-0.3, -0.25) is 4.79 Å². The van der Waals surface area contributed by atoms with Crippen LogP contribution >= 0.6 is 0 Å². The molecule has 3 nitrogen and oxygen atoms in total. The number of nitrogens with one attached hydrogen (secondary N) is 1. The van der Waals surface area contributed by atoms with E-state index in [1.54, 1.807) is 0 Å². The van der Waals surface area contributed by atoms with Crippen LogP contribution in [0.2, 0.25) is 0 Å². The average molecular weight is 266 g/mol. The van der Waals surface area contributed by atoms with Crippen molar-refractivity contribution in [1.29, 1.82) is 0 Å². The minimum absolute atomic E-state index is 0.199. The van der Waals surface area contributed by atoms with Crippen molar-refractivity contribution in [1.82, 2.24) is 5.32 Å². The van der Waals surface area contributed by atoms with Gasteiger partial charge in [-0.25, -0.2) is 0 Å². The van der Waals surface area contributed by atoms with E-state index in [1.165, 1.54) is 12.8 Å². The second-order valence-electron chi connectivity index (χ2n) is 7.60. The van der Waals surface area contributed by atoms with E-state index >= 15 is 0 Å². The first-order valence-electron chi connectivity index (χ1n) is 7.93. The predicted octanol–water partition coefficient (Wildman–Crippen LogP) is 2.83. The van der Waals surface area contributed by atoms with Crippen molar-refractivity contribution >= 4 is 5.91 Å². The molecule has 2 saturated carbocycles. The summed E-state index contributed by atoms with van der Waals surface area (Å²) in [5.41, 5.74) is 6.49. The van der Waals surface area contributed by atoms with Crippen LogP contribution in [0.3, 0.4) is 0 Å². The van der Waals surface area contributed by atoms with Crippen molar-refractivity contribution in [3.8, 4) is 0 Å². The van der Waals surface area contributed by atoms with Crippen LogP contribution in [0, 0.1) is 17.3 Å². The van der Waals surface area contributed by atoms with Gasteiger partial charge in [0.25, 0.3) is 0 Å². The number of rotatable bonds is 2. The first kappa shape index (κ1) is 14.8. The highest BCUT2D eigenvalue weighted by molar-refractivity contribution is 5.79. The Bertz CT molecular complexity index is 317. The van der Waals surface area contributed by atoms with E-state index in [9.17, 15) is 4.79 Å². The van der Waals surface area contributed by atoms with Gasteiger partial charge >= 0.3 is 0 Å². The molecule has 0 bridgehead atoms. The van der Waals surface area contributed by atoms with Crippen molar-refractivity contribution in [2.45, 2.75) is 77.8 Å².